The summed E-state index contributed by atoms with van der Waals surface area (Å²) < 4.78 is 5.11. The molecule has 3 N–H and O–H groups in total. The Morgan fingerprint density at radius 1 is 1.56 bits per heavy atom. The van der Waals surface area contributed by atoms with E-state index in [-0.39, 0.29) is 12.1 Å². The van der Waals surface area contributed by atoms with E-state index in [1.54, 1.807) is 18.1 Å². The van der Waals surface area contributed by atoms with E-state index in [0.29, 0.717) is 6.54 Å². The Hall–Kier alpha value is -1.75. The minimum atomic E-state index is -0.0987. The molecule has 0 bridgehead atoms. The van der Waals surface area contributed by atoms with Crippen molar-refractivity contribution in [2.24, 2.45) is 5.73 Å². The highest BCUT2D eigenvalue weighted by atomic mass is 16.5. The lowest BCUT2D eigenvalue weighted by molar-refractivity contribution is 0.193. The molecule has 0 aromatic heterocycles. The number of ether oxygens (including phenoxy) is 1. The van der Waals surface area contributed by atoms with Crippen molar-refractivity contribution in [2.75, 3.05) is 25.5 Å². The second kappa shape index (κ2) is 5.73. The molecule has 0 aliphatic carbocycles. The Balaban J connectivity index is 1.97. The summed E-state index contributed by atoms with van der Waals surface area (Å²) in [6, 6.07) is 7.31. The van der Waals surface area contributed by atoms with E-state index in [1.807, 2.05) is 18.2 Å². The van der Waals surface area contributed by atoms with Gasteiger partial charge in [-0.05, 0) is 25.0 Å². The van der Waals surface area contributed by atoms with Crippen LogP contribution in [-0.4, -0.2) is 37.2 Å². The number of nitrogens with zero attached hydrogens (tertiary/aromatic N) is 1. The van der Waals surface area contributed by atoms with Crippen LogP contribution in [0.1, 0.15) is 12.8 Å². The third-order valence-corrected chi connectivity index (χ3v) is 3.07. The Morgan fingerprint density at radius 3 is 3.11 bits per heavy atom. The predicted molar refractivity (Wildman–Crippen MR) is 70.8 cm³/mol. The quantitative estimate of drug-likeness (QED) is 0.837. The van der Waals surface area contributed by atoms with Crippen LogP contribution in [0, 0.1) is 0 Å². The highest BCUT2D eigenvalue weighted by Crippen LogP contribution is 2.18. The molecule has 98 valence electrons. The number of anilines is 1. The number of carbonyl (C=O) groups is 1. The fourth-order valence-electron chi connectivity index (χ4n) is 2.10. The first-order chi connectivity index (χ1) is 8.69. The van der Waals surface area contributed by atoms with Crippen molar-refractivity contribution in [3.8, 4) is 5.75 Å². The summed E-state index contributed by atoms with van der Waals surface area (Å²) in [5, 5.41) is 2.86. The van der Waals surface area contributed by atoms with Gasteiger partial charge < -0.3 is 20.7 Å². The molecule has 1 aromatic rings. The average Bonchev–Trinajstić information content (AvgIpc) is 2.39. The Kier molecular flexibility index (Phi) is 4.04. The van der Waals surface area contributed by atoms with Crippen LogP contribution in [0.2, 0.25) is 0 Å². The van der Waals surface area contributed by atoms with Gasteiger partial charge in [-0.2, -0.15) is 0 Å². The molecule has 1 aliphatic heterocycles. The fourth-order valence-corrected chi connectivity index (χ4v) is 2.10. The average molecular weight is 249 g/mol. The maximum atomic E-state index is 12.0. The molecular weight excluding hydrogens is 230 g/mol. The predicted octanol–water partition coefficient (Wildman–Crippen LogP) is 1.65. The molecule has 0 radical (unpaired) electrons. The molecule has 1 atom stereocenters. The van der Waals surface area contributed by atoms with Gasteiger partial charge in [0.2, 0.25) is 0 Å². The summed E-state index contributed by atoms with van der Waals surface area (Å²) in [6.07, 6.45) is 1.95. The smallest absolute Gasteiger partial charge is 0.321 e. The Morgan fingerprint density at radius 2 is 2.39 bits per heavy atom. The monoisotopic (exact) mass is 249 g/mol. The number of nitrogens with two attached hydrogens (primary N) is 1. The number of likely N-dealkylation sites (tertiary alicyclic amines) is 1. The van der Waals surface area contributed by atoms with Crippen LogP contribution in [0.25, 0.3) is 0 Å². The molecule has 1 aliphatic rings. The van der Waals surface area contributed by atoms with Gasteiger partial charge in [-0.3, -0.25) is 0 Å². The molecular formula is C13H19N3O2. The zero-order chi connectivity index (χ0) is 13.0. The second-order valence-corrected chi connectivity index (χ2v) is 4.51. The Bertz CT molecular complexity index is 422. The summed E-state index contributed by atoms with van der Waals surface area (Å²) in [6.45, 7) is 1.39. The standard InChI is InChI=1S/C13H19N3O2/c1-18-12-6-2-5-11(8-12)15-13(17)16-7-3-4-10(14)9-16/h2,5-6,8,10H,3-4,7,9,14H2,1H3,(H,15,17). The summed E-state index contributed by atoms with van der Waals surface area (Å²) >= 11 is 0. The summed E-state index contributed by atoms with van der Waals surface area (Å²) in [5.41, 5.74) is 6.60. The molecule has 2 rings (SSSR count). The fraction of sp³-hybridized carbons (Fsp3) is 0.462. The van der Waals surface area contributed by atoms with E-state index < -0.39 is 0 Å². The molecule has 0 spiro atoms. The number of rotatable bonds is 2. The summed E-state index contributed by atoms with van der Waals surface area (Å²) in [5.74, 6) is 0.725. The van der Waals surface area contributed by atoms with Crippen molar-refractivity contribution < 1.29 is 9.53 Å². The normalized spacial score (nSPS) is 19.4. The lowest BCUT2D eigenvalue weighted by Gasteiger charge is -2.30. The Labute approximate surface area is 107 Å². The molecule has 2 amide bonds. The molecule has 1 unspecified atom stereocenters. The maximum Gasteiger partial charge on any atom is 0.321 e. The molecule has 5 heteroatoms. The lowest BCUT2D eigenvalue weighted by atomic mass is 10.1. The minimum absolute atomic E-state index is 0.0924. The molecule has 0 saturated carbocycles. The highest BCUT2D eigenvalue weighted by Gasteiger charge is 2.21. The van der Waals surface area contributed by atoms with Crippen LogP contribution in [0.4, 0.5) is 10.5 Å². The first-order valence-corrected chi connectivity index (χ1v) is 6.14. The van der Waals surface area contributed by atoms with Crippen molar-refractivity contribution in [3.05, 3.63) is 24.3 Å². The first kappa shape index (κ1) is 12.7. The van der Waals surface area contributed by atoms with Crippen molar-refractivity contribution in [2.45, 2.75) is 18.9 Å². The molecule has 1 fully saturated rings. The summed E-state index contributed by atoms with van der Waals surface area (Å²) in [4.78, 5) is 13.8. The van der Waals surface area contributed by atoms with Gasteiger partial charge in [0, 0.05) is 30.9 Å². The van der Waals surface area contributed by atoms with Crippen LogP contribution in [-0.2, 0) is 0 Å². The molecule has 1 heterocycles. The lowest BCUT2D eigenvalue weighted by Crippen LogP contribution is -2.47. The van der Waals surface area contributed by atoms with E-state index in [0.717, 1.165) is 30.8 Å². The van der Waals surface area contributed by atoms with Crippen molar-refractivity contribution in [1.29, 1.82) is 0 Å². The van der Waals surface area contributed by atoms with E-state index in [9.17, 15) is 4.79 Å². The molecule has 5 nitrogen and oxygen atoms in total. The molecule has 1 saturated heterocycles. The largest absolute Gasteiger partial charge is 0.497 e. The van der Waals surface area contributed by atoms with Crippen LogP contribution in [0.15, 0.2) is 24.3 Å². The van der Waals surface area contributed by atoms with Crippen LogP contribution < -0.4 is 15.8 Å². The van der Waals surface area contributed by atoms with Gasteiger partial charge in [0.25, 0.3) is 0 Å². The van der Waals surface area contributed by atoms with E-state index in [1.165, 1.54) is 0 Å². The van der Waals surface area contributed by atoms with Gasteiger partial charge in [-0.1, -0.05) is 6.07 Å². The van der Waals surface area contributed by atoms with Gasteiger partial charge in [-0.25, -0.2) is 4.79 Å². The zero-order valence-electron chi connectivity index (χ0n) is 10.6. The third-order valence-electron chi connectivity index (χ3n) is 3.07. The SMILES string of the molecule is COc1cccc(NC(=O)N2CCCC(N)C2)c1. The minimum Gasteiger partial charge on any atom is -0.497 e. The number of hydrogen-bond acceptors (Lipinski definition) is 3. The number of piperidine rings is 1. The van der Waals surface area contributed by atoms with Crippen molar-refractivity contribution in [3.63, 3.8) is 0 Å². The first-order valence-electron chi connectivity index (χ1n) is 6.14. The number of methoxy groups -OCH3 is 1. The number of urea groups is 1. The van der Waals surface area contributed by atoms with Gasteiger partial charge in [0.15, 0.2) is 0 Å². The van der Waals surface area contributed by atoms with Gasteiger partial charge in [0.1, 0.15) is 5.75 Å². The van der Waals surface area contributed by atoms with E-state index in [2.05, 4.69) is 5.32 Å². The topological polar surface area (TPSA) is 67.6 Å². The number of amides is 2. The maximum absolute atomic E-state index is 12.0. The van der Waals surface area contributed by atoms with E-state index in [4.69, 9.17) is 10.5 Å². The number of carbonyl (C=O) groups excluding carboxylic acids is 1. The van der Waals surface area contributed by atoms with Crippen LogP contribution >= 0.6 is 0 Å². The van der Waals surface area contributed by atoms with Gasteiger partial charge in [-0.15, -0.1) is 0 Å². The highest BCUT2D eigenvalue weighted by molar-refractivity contribution is 5.89. The molecule has 1 aromatic carbocycles. The van der Waals surface area contributed by atoms with E-state index >= 15 is 0 Å². The number of hydrogen-bond donors (Lipinski definition) is 2. The van der Waals surface area contributed by atoms with Gasteiger partial charge >= 0.3 is 6.03 Å². The zero-order valence-corrected chi connectivity index (χ0v) is 10.6. The second-order valence-electron chi connectivity index (χ2n) is 4.51. The van der Waals surface area contributed by atoms with Crippen molar-refractivity contribution >= 4 is 11.7 Å². The van der Waals surface area contributed by atoms with Crippen molar-refractivity contribution in [1.82, 2.24) is 4.90 Å². The van der Waals surface area contributed by atoms with Gasteiger partial charge in [0.05, 0.1) is 7.11 Å². The number of nitrogens with one attached hydrogen (secondary N) is 1. The summed E-state index contributed by atoms with van der Waals surface area (Å²) in [7, 11) is 1.60. The number of benzene rings is 1. The van der Waals surface area contributed by atoms with Crippen LogP contribution in [0.5, 0.6) is 5.75 Å². The third kappa shape index (κ3) is 3.13. The molecule has 18 heavy (non-hydrogen) atoms. The van der Waals surface area contributed by atoms with Crippen LogP contribution in [0.3, 0.4) is 0 Å².